The van der Waals surface area contributed by atoms with Crippen molar-refractivity contribution in [3.63, 3.8) is 0 Å². The Morgan fingerprint density at radius 3 is 0.696 bits per heavy atom. The fourth-order valence-electron chi connectivity index (χ4n) is 7.91. The molecule has 0 bridgehead atoms. The van der Waals surface area contributed by atoms with Gasteiger partial charge in [-0.1, -0.05) is 103 Å². The van der Waals surface area contributed by atoms with Gasteiger partial charge >= 0.3 is 0 Å². The minimum Gasteiger partial charge on any atom is -0.508 e. The number of ketones is 2. The monoisotopic (exact) mass is 1410 g/mol. The van der Waals surface area contributed by atoms with Crippen LogP contribution < -0.4 is 9.47 Å². The Morgan fingerprint density at radius 2 is 0.461 bits per heavy atom. The van der Waals surface area contributed by atoms with E-state index in [2.05, 4.69) is 243 Å². The summed E-state index contributed by atoms with van der Waals surface area (Å²) in [7, 11) is 0. The van der Waals surface area contributed by atoms with Crippen LogP contribution in [-0.2, 0) is 4.74 Å². The third kappa shape index (κ3) is 50.0. The van der Waals surface area contributed by atoms with Crippen LogP contribution in [0, 0.1) is 262 Å². The molecule has 0 spiro atoms. The zero-order valence-electron chi connectivity index (χ0n) is 56.8. The number of unbranched alkanes of at least 4 members (excludes halogenated alkanes) is 18. The summed E-state index contributed by atoms with van der Waals surface area (Å²) in [5.41, 5.74) is 2.30. The predicted octanol–water partition coefficient (Wildman–Crippen LogP) is 23.3. The Balaban J connectivity index is -0.0000000285. The van der Waals surface area contributed by atoms with Crippen LogP contribution in [0.2, 0.25) is 0 Å². The first-order valence-corrected chi connectivity index (χ1v) is 32.6. The van der Waals surface area contributed by atoms with Crippen molar-refractivity contribution in [2.75, 3.05) is 26.4 Å². The van der Waals surface area contributed by atoms with E-state index in [1.165, 1.54) is 108 Å². The zero-order valence-corrected chi connectivity index (χ0v) is 56.8. The number of hydrogen-bond donors (Lipinski definition) is 3. The Morgan fingerprint density at radius 1 is 0.265 bits per heavy atom. The smallest absolute Gasteiger partial charge is 0.193 e. The molecule has 0 saturated carbocycles. The second-order valence-electron chi connectivity index (χ2n) is 20.3. The van der Waals surface area contributed by atoms with E-state index in [0.717, 1.165) is 56.4 Å². The Labute approximate surface area is 670 Å². The molecule has 102 heavy (non-hydrogen) atoms. The van der Waals surface area contributed by atoms with Gasteiger partial charge in [-0.15, -0.1) is 19.3 Å². The predicted molar refractivity (Wildman–Crippen MR) is 497 cm³/mol. The molecule has 8 nitrogen and oxygen atoms in total. The summed E-state index contributed by atoms with van der Waals surface area (Å²) in [4.78, 5) is 24.9. The average molecular weight is 1410 g/mol. The molecule has 4 aromatic rings. The summed E-state index contributed by atoms with van der Waals surface area (Å²) < 4.78 is 17.2. The van der Waals surface area contributed by atoms with Crippen molar-refractivity contribution in [3.8, 4) is 285 Å². The molecule has 0 aromatic heterocycles. The average Bonchev–Trinajstić information content (AvgIpc) is 0.812. The molecule has 0 amide bonds. The quantitative estimate of drug-likeness (QED) is 0.0259. The normalized spacial score (nSPS) is 7.82. The summed E-state index contributed by atoms with van der Waals surface area (Å²) in [5, 5.41) is 27.0. The van der Waals surface area contributed by atoms with Crippen molar-refractivity contribution >= 4 is 11.6 Å². The maximum absolute atomic E-state index is 13.0. The highest BCUT2D eigenvalue weighted by Gasteiger charge is 2.11. The van der Waals surface area contributed by atoms with Gasteiger partial charge in [-0.3, -0.25) is 9.59 Å². The Hall–Kier alpha value is -14.5. The van der Waals surface area contributed by atoms with Gasteiger partial charge in [0.15, 0.2) is 11.6 Å². The lowest BCUT2D eigenvalue weighted by atomic mass is 10.0. The van der Waals surface area contributed by atoms with Gasteiger partial charge in [0.2, 0.25) is 0 Å². The lowest BCUT2D eigenvalue weighted by molar-refractivity contribution is 0.103. The topological polar surface area (TPSA) is 123 Å². The maximum Gasteiger partial charge on any atom is 0.193 e. The number of aromatic hydroxyl groups is 2. The number of terminal acetylenes is 3. The van der Waals surface area contributed by atoms with Crippen molar-refractivity contribution in [2.45, 2.75) is 128 Å². The summed E-state index contributed by atoms with van der Waals surface area (Å²) >= 11 is 0. The number of carbonyl (C=O) groups excluding carboxylic acids is 2. The van der Waals surface area contributed by atoms with Crippen LogP contribution >= 0.6 is 0 Å². The fourth-order valence-corrected chi connectivity index (χ4v) is 7.91. The van der Waals surface area contributed by atoms with Crippen molar-refractivity contribution in [1.29, 1.82) is 0 Å². The molecular weight excluding hydrogens is 1260 g/mol. The number of ether oxygens (including phenoxy) is 3. The second kappa shape index (κ2) is 63.9. The van der Waals surface area contributed by atoms with Gasteiger partial charge in [0.1, 0.15) is 35.7 Å². The zero-order chi connectivity index (χ0) is 73.2. The minimum absolute atomic E-state index is 0. The number of phenols is 2. The Kier molecular flexibility index (Phi) is 52.3. The summed E-state index contributed by atoms with van der Waals surface area (Å²) in [6, 6.07) is 27.0. The molecule has 4 aromatic carbocycles. The van der Waals surface area contributed by atoms with Gasteiger partial charge in [-0.25, -0.2) is 0 Å². The SMILES string of the molecule is C#CC#CC#CC#CC#CC#CC#CC#CC#CC#CC#C.C#CC#CC#CC#CC#CC#CC#CC#CC#CC#CC#COCCCCCCCCCCCCOc1ccc(C(=O)c2ccc(OCCCCCCCCCCCCO)cc2)cc1.O=C(c1ccc(O)cc1)c1ccc(O)cc1.[HH].[HH].[HH].[HH].[HH].[HH].[HH].[HH].[HH].[HH].[HH].[HH].[HH].[HH].[HH].[HH].[HH].[HH].[HH].[HH].[HH].[HH].[HH].[HH].[HH].[HH].[HH].[HH].[HH].[HH].[HH].[HH].[HH].[HH].[HH].[HH].[HH].[HH].[HH].[HH].[HH].[HH].[HH]. The summed E-state index contributed by atoms with van der Waals surface area (Å²) in [6.45, 7) is 2.28. The van der Waals surface area contributed by atoms with E-state index in [1.807, 2.05) is 48.5 Å². The molecule has 0 radical (unpaired) electrons. The molecule has 0 saturated heterocycles. The fraction of sp³-hybridized carbons (Fsp3) is 0.255. The first-order chi connectivity index (χ1) is 50.3. The molecule has 0 aliphatic heterocycles. The van der Waals surface area contributed by atoms with Crippen molar-refractivity contribution in [1.82, 2.24) is 0 Å². The molecule has 0 aliphatic rings. The van der Waals surface area contributed by atoms with Crippen molar-refractivity contribution in [3.05, 3.63) is 119 Å². The first kappa shape index (κ1) is 83.6. The van der Waals surface area contributed by atoms with Gasteiger partial charge < -0.3 is 29.5 Å². The molecule has 4 rings (SSSR count). The van der Waals surface area contributed by atoms with E-state index in [-0.39, 0.29) is 84.4 Å². The number of aliphatic hydroxyl groups excluding tert-OH is 1. The number of phenolic OH excluding ortho intramolecular Hbond substituents is 2. The number of aliphatic hydroxyl groups is 1. The van der Waals surface area contributed by atoms with Crippen molar-refractivity contribution in [2.24, 2.45) is 0 Å². The number of carbonyl (C=O) groups is 2. The van der Waals surface area contributed by atoms with E-state index in [4.69, 9.17) is 48.8 Å². The molecule has 580 valence electrons. The third-order valence-corrected chi connectivity index (χ3v) is 12.7. The van der Waals surface area contributed by atoms with Gasteiger partial charge in [-0.05, 0) is 265 Å². The van der Waals surface area contributed by atoms with E-state index in [0.29, 0.717) is 48.7 Å². The molecule has 0 fully saturated rings. The van der Waals surface area contributed by atoms with Crippen molar-refractivity contribution < 1.29 is 100 Å². The largest absolute Gasteiger partial charge is 0.508 e. The highest BCUT2D eigenvalue weighted by atomic mass is 16.5. The van der Waals surface area contributed by atoms with Crippen LogP contribution in [0.4, 0.5) is 0 Å². The molecule has 3 N–H and O–H groups in total. The standard InChI is InChI=1S/C59H58O5.C22H2.C13H10O3.43H2/c1-2-3-4-5-6-7-8-9-10-11-12-13-14-15-16-18-23-28-33-38-51-62-52-39-34-29-24-20-21-26-31-36-41-54-64-58-48-44-56(45-49-58)59(61)55-42-46-57(47-43-55)63-53-40-35-30-25-19-17-22-27-32-37-50-60;1-3-5-7-9-11-13-15-17-19-21-22-20-18-16-14-12-10-8-6-4-2;14-11-5-1-9(2-6-11)13(16)10-3-7-12(15)8-4-10;;;;;;;;;;;;;;;;;;;;;;;;;;;;;;;;;;;;;;;;;;;/h1,42-49,60H,17,19-22,24-27,29-32,34-37,39-41,50,52-54H2;1-2H;1-8,14-15H;43*1H. The van der Waals surface area contributed by atoms with E-state index >= 15 is 0 Å². The molecule has 0 unspecified atom stereocenters. The molecule has 8 heteroatoms. The number of benzene rings is 4. The van der Waals surface area contributed by atoms with Crippen LogP contribution in [0.3, 0.4) is 0 Å². The molecule has 0 aliphatic carbocycles. The van der Waals surface area contributed by atoms with Crippen LogP contribution in [0.15, 0.2) is 97.1 Å². The van der Waals surface area contributed by atoms with E-state index in [9.17, 15) is 9.59 Å². The van der Waals surface area contributed by atoms with Crippen LogP contribution in [0.25, 0.3) is 0 Å². The lowest BCUT2D eigenvalue weighted by Gasteiger charge is -2.09. The lowest BCUT2D eigenvalue weighted by Crippen LogP contribution is -2.03. The molecular formula is C94H156O8. The van der Waals surface area contributed by atoms with E-state index < -0.39 is 0 Å². The van der Waals surface area contributed by atoms with Crippen LogP contribution in [-0.4, -0.2) is 53.3 Å². The summed E-state index contributed by atoms with van der Waals surface area (Å²) in [6.07, 6.45) is 40.9. The maximum atomic E-state index is 13.0. The van der Waals surface area contributed by atoms with E-state index in [1.54, 1.807) is 24.3 Å². The highest BCUT2D eigenvalue weighted by molar-refractivity contribution is 6.09. The van der Waals surface area contributed by atoms with Gasteiger partial charge in [0.25, 0.3) is 0 Å². The third-order valence-electron chi connectivity index (χ3n) is 12.7. The molecule has 0 atom stereocenters. The number of hydrogen-bond acceptors (Lipinski definition) is 8. The van der Waals surface area contributed by atoms with Gasteiger partial charge in [0.05, 0.1) is 13.2 Å². The van der Waals surface area contributed by atoms with Gasteiger partial charge in [0, 0.05) is 185 Å². The van der Waals surface area contributed by atoms with Crippen LogP contribution in [0.1, 0.15) is 222 Å². The van der Waals surface area contributed by atoms with Crippen LogP contribution in [0.5, 0.6) is 23.0 Å². The Bertz CT molecular complexity index is 4820. The second-order valence-corrected chi connectivity index (χ2v) is 20.3. The highest BCUT2D eigenvalue weighted by Crippen LogP contribution is 2.21. The minimum atomic E-state index is -0.139. The van der Waals surface area contributed by atoms with Gasteiger partial charge in [-0.2, -0.15) is 0 Å². The first-order valence-electron chi connectivity index (χ1n) is 32.6. The molecule has 0 heterocycles. The number of rotatable bonds is 31. The summed E-state index contributed by atoms with van der Waals surface area (Å²) in [5.74, 6) is 100.